The van der Waals surface area contributed by atoms with Crippen molar-refractivity contribution in [1.82, 2.24) is 4.98 Å². The number of rotatable bonds is 6. The summed E-state index contributed by atoms with van der Waals surface area (Å²) in [6, 6.07) is 34.1. The second-order valence-corrected chi connectivity index (χ2v) is 8.77. The Morgan fingerprint density at radius 1 is 0.821 bits per heavy atom. The monoisotopic (exact) mass is 381 g/mol. The zero-order valence-electron chi connectivity index (χ0n) is 15.8. The van der Waals surface area contributed by atoms with Gasteiger partial charge in [-0.05, 0) is 37.6 Å². The van der Waals surface area contributed by atoms with E-state index in [9.17, 15) is 0 Å². The Kier molecular flexibility index (Phi) is 5.80. The van der Waals surface area contributed by atoms with Crippen LogP contribution in [0.3, 0.4) is 0 Å². The molecule has 1 heterocycles. The fourth-order valence-corrected chi connectivity index (χ4v) is 5.83. The van der Waals surface area contributed by atoms with Crippen molar-refractivity contribution in [3.05, 3.63) is 115 Å². The molecule has 28 heavy (non-hydrogen) atoms. The first kappa shape index (κ1) is 18.4. The lowest BCUT2D eigenvalue weighted by molar-refractivity contribution is 0.833. The van der Waals surface area contributed by atoms with Gasteiger partial charge in [-0.3, -0.25) is 9.98 Å². The van der Waals surface area contributed by atoms with E-state index in [0.29, 0.717) is 0 Å². The quantitative estimate of drug-likeness (QED) is 0.269. The van der Waals surface area contributed by atoms with Crippen LogP contribution in [0.15, 0.2) is 108 Å². The van der Waals surface area contributed by atoms with E-state index in [1.807, 2.05) is 24.4 Å². The molecule has 4 aromatic rings. The first-order valence-corrected chi connectivity index (χ1v) is 10.8. The van der Waals surface area contributed by atoms with Gasteiger partial charge in [-0.25, -0.2) is 12.1 Å². The van der Waals surface area contributed by atoms with Gasteiger partial charge in [0.05, 0.1) is 5.69 Å². The predicted molar refractivity (Wildman–Crippen MR) is 121 cm³/mol. The average Bonchev–Trinajstić information content (AvgIpc) is 3.24. The van der Waals surface area contributed by atoms with Crippen LogP contribution in [0.25, 0.3) is 0 Å². The number of hydrogen-bond donors (Lipinski definition) is 0. The number of benzene rings is 2. The van der Waals surface area contributed by atoms with Crippen LogP contribution in [0.4, 0.5) is 0 Å². The van der Waals surface area contributed by atoms with Crippen molar-refractivity contribution in [3.63, 3.8) is 0 Å². The minimum atomic E-state index is -0.617. The summed E-state index contributed by atoms with van der Waals surface area (Å²) in [7, 11) is -0.617. The molecule has 0 unspecified atom stereocenters. The van der Waals surface area contributed by atoms with Gasteiger partial charge in [0, 0.05) is 18.5 Å². The number of aliphatic imine (C=N–C) groups is 1. The normalized spacial score (nSPS) is 12.5. The van der Waals surface area contributed by atoms with E-state index in [1.165, 1.54) is 21.5 Å². The maximum absolute atomic E-state index is 4.79. The highest BCUT2D eigenvalue weighted by Gasteiger charge is 2.16. The van der Waals surface area contributed by atoms with Crippen molar-refractivity contribution in [2.75, 3.05) is 0 Å². The van der Waals surface area contributed by atoms with Crippen LogP contribution in [-0.4, -0.2) is 11.2 Å². The SMILES string of the molecule is C[C@@H](N=Cc1ccccn1)[c-]1cccc1P(c1ccccc1)c1ccccc1. The molecule has 0 aliphatic rings. The summed E-state index contributed by atoms with van der Waals surface area (Å²) in [5.74, 6) is 0. The smallest absolute Gasteiger partial charge is 0.0807 e. The van der Waals surface area contributed by atoms with Gasteiger partial charge < -0.3 is 0 Å². The molecule has 2 nitrogen and oxygen atoms in total. The van der Waals surface area contributed by atoms with Crippen molar-refractivity contribution in [2.45, 2.75) is 13.0 Å². The van der Waals surface area contributed by atoms with Crippen LogP contribution in [0, 0.1) is 0 Å². The summed E-state index contributed by atoms with van der Waals surface area (Å²) in [4.78, 5) is 9.13. The first-order chi connectivity index (χ1) is 13.8. The molecule has 0 saturated heterocycles. The van der Waals surface area contributed by atoms with Crippen LogP contribution in [0.2, 0.25) is 0 Å². The lowest BCUT2D eigenvalue weighted by Gasteiger charge is -2.26. The van der Waals surface area contributed by atoms with Crippen LogP contribution >= 0.6 is 7.92 Å². The Bertz CT molecular complexity index is 984. The van der Waals surface area contributed by atoms with Gasteiger partial charge >= 0.3 is 0 Å². The van der Waals surface area contributed by atoms with Crippen molar-refractivity contribution in [3.8, 4) is 0 Å². The molecule has 3 heteroatoms. The zero-order valence-corrected chi connectivity index (χ0v) is 16.7. The maximum atomic E-state index is 4.79. The minimum Gasteiger partial charge on any atom is -0.296 e. The molecule has 3 aromatic carbocycles. The van der Waals surface area contributed by atoms with E-state index in [-0.39, 0.29) is 6.04 Å². The molecule has 0 spiro atoms. The summed E-state index contributed by atoms with van der Waals surface area (Å²) in [5, 5.41) is 4.09. The summed E-state index contributed by atoms with van der Waals surface area (Å²) >= 11 is 0. The van der Waals surface area contributed by atoms with Crippen LogP contribution in [0.1, 0.15) is 24.2 Å². The van der Waals surface area contributed by atoms with Gasteiger partial charge in [0.15, 0.2) is 0 Å². The Hall–Kier alpha value is -2.96. The van der Waals surface area contributed by atoms with Crippen LogP contribution in [-0.2, 0) is 0 Å². The third-order valence-electron chi connectivity index (χ3n) is 4.66. The minimum absolute atomic E-state index is 0.0735. The van der Waals surface area contributed by atoms with E-state index in [4.69, 9.17) is 4.99 Å². The molecule has 0 aliphatic heterocycles. The van der Waals surface area contributed by atoms with E-state index < -0.39 is 7.92 Å². The topological polar surface area (TPSA) is 25.2 Å². The number of pyridine rings is 1. The van der Waals surface area contributed by atoms with Crippen molar-refractivity contribution in [1.29, 1.82) is 0 Å². The fraction of sp³-hybridized carbons (Fsp3) is 0.0800. The molecule has 0 N–H and O–H groups in total. The molecule has 1 atom stereocenters. The van der Waals surface area contributed by atoms with E-state index >= 15 is 0 Å². The highest BCUT2D eigenvalue weighted by Crippen LogP contribution is 2.36. The van der Waals surface area contributed by atoms with Gasteiger partial charge in [-0.1, -0.05) is 66.7 Å². The second kappa shape index (κ2) is 8.82. The molecule has 0 saturated carbocycles. The average molecular weight is 381 g/mol. The Morgan fingerprint density at radius 3 is 2.07 bits per heavy atom. The predicted octanol–water partition coefficient (Wildman–Crippen LogP) is 4.74. The number of nitrogens with zero attached hydrogens (tertiary/aromatic N) is 2. The van der Waals surface area contributed by atoms with Crippen LogP contribution < -0.4 is 15.9 Å². The molecule has 0 fully saturated rings. The molecule has 0 bridgehead atoms. The van der Waals surface area contributed by atoms with Crippen molar-refractivity contribution in [2.24, 2.45) is 4.99 Å². The van der Waals surface area contributed by atoms with Gasteiger partial charge in [-0.15, -0.1) is 10.9 Å². The largest absolute Gasteiger partial charge is 0.296 e. The molecule has 4 rings (SSSR count). The lowest BCUT2D eigenvalue weighted by atomic mass is 10.2. The van der Waals surface area contributed by atoms with Crippen molar-refractivity contribution >= 4 is 30.0 Å². The van der Waals surface area contributed by atoms with E-state index in [0.717, 1.165) is 5.69 Å². The molecular weight excluding hydrogens is 359 g/mol. The Balaban J connectivity index is 1.71. The zero-order chi connectivity index (χ0) is 19.2. The Morgan fingerprint density at radius 2 is 1.46 bits per heavy atom. The maximum Gasteiger partial charge on any atom is 0.0807 e. The standard InChI is InChI=1S/C25H22N2P/c1-20(27-19-21-11-8-9-18-26-21)24-16-10-17-25(24)28(22-12-4-2-5-13-22)23-14-6-3-7-15-23/h2-20H,1H3/q-1/t20-/m1/s1. The molecule has 0 amide bonds. The first-order valence-electron chi connectivity index (χ1n) is 9.43. The third kappa shape index (κ3) is 4.13. The fourth-order valence-electron chi connectivity index (χ4n) is 3.28. The molecule has 0 radical (unpaired) electrons. The Labute approximate surface area is 167 Å². The second-order valence-electron chi connectivity index (χ2n) is 6.58. The van der Waals surface area contributed by atoms with Gasteiger partial charge in [-0.2, -0.15) is 6.07 Å². The summed E-state index contributed by atoms with van der Waals surface area (Å²) in [6.07, 6.45) is 3.67. The third-order valence-corrected chi connectivity index (χ3v) is 7.18. The van der Waals surface area contributed by atoms with Gasteiger partial charge in [0.2, 0.25) is 0 Å². The van der Waals surface area contributed by atoms with E-state index in [1.54, 1.807) is 6.20 Å². The summed E-state index contributed by atoms with van der Waals surface area (Å²) < 4.78 is 0. The van der Waals surface area contributed by atoms with Gasteiger partial charge in [0.25, 0.3) is 0 Å². The summed E-state index contributed by atoms with van der Waals surface area (Å²) in [5.41, 5.74) is 2.17. The molecule has 1 aromatic heterocycles. The lowest BCUT2D eigenvalue weighted by Crippen LogP contribution is -2.22. The molecule has 138 valence electrons. The van der Waals surface area contributed by atoms with Crippen LogP contribution in [0.5, 0.6) is 0 Å². The van der Waals surface area contributed by atoms with E-state index in [2.05, 4.69) is 90.8 Å². The highest BCUT2D eigenvalue weighted by molar-refractivity contribution is 7.79. The van der Waals surface area contributed by atoms with Crippen molar-refractivity contribution < 1.29 is 0 Å². The van der Waals surface area contributed by atoms with Gasteiger partial charge in [0.1, 0.15) is 0 Å². The number of hydrogen-bond acceptors (Lipinski definition) is 2. The highest BCUT2D eigenvalue weighted by atomic mass is 31.1. The molecular formula is C25H22N2P-. The molecule has 0 aliphatic carbocycles. The number of aromatic nitrogens is 1. The summed E-state index contributed by atoms with van der Waals surface area (Å²) in [6.45, 7) is 2.15.